The molecule has 7 rings (SSSR count). The van der Waals surface area contributed by atoms with Crippen molar-refractivity contribution >= 4 is 28.8 Å². The minimum absolute atomic E-state index is 0.0385. The predicted molar refractivity (Wildman–Crippen MR) is 175 cm³/mol. The van der Waals surface area contributed by atoms with Crippen LogP contribution >= 0.6 is 11.8 Å². The zero-order chi connectivity index (χ0) is 27.8. The lowest BCUT2D eigenvalue weighted by Crippen LogP contribution is -2.23. The van der Waals surface area contributed by atoms with E-state index in [0.717, 1.165) is 17.1 Å². The molecule has 6 aromatic carbocycles. The molecule has 1 aliphatic rings. The predicted octanol–water partition coefficient (Wildman–Crippen LogP) is 11.3. The van der Waals surface area contributed by atoms with Crippen molar-refractivity contribution < 1.29 is 0 Å². The zero-order valence-corrected chi connectivity index (χ0v) is 24.1. The maximum atomic E-state index is 2.35. The van der Waals surface area contributed by atoms with Crippen LogP contribution in [0.25, 0.3) is 22.3 Å². The molecule has 1 nitrogen and oxygen atoms in total. The maximum absolute atomic E-state index is 2.35. The Morgan fingerprint density at radius 1 is 0.439 bits per heavy atom. The van der Waals surface area contributed by atoms with Crippen LogP contribution in [-0.2, 0) is 5.41 Å². The van der Waals surface area contributed by atoms with Gasteiger partial charge in [-0.1, -0.05) is 135 Å². The van der Waals surface area contributed by atoms with Crippen LogP contribution in [0.2, 0.25) is 0 Å². The summed E-state index contributed by atoms with van der Waals surface area (Å²) in [5.74, 6) is 0. The first-order valence-corrected chi connectivity index (χ1v) is 14.9. The molecule has 1 heterocycles. The number of nitrogens with zero attached hydrogens (tertiary/aromatic N) is 1. The van der Waals surface area contributed by atoms with Gasteiger partial charge in [0.05, 0.1) is 0 Å². The molecule has 41 heavy (non-hydrogen) atoms. The molecule has 0 saturated carbocycles. The number of fused-ring (bicyclic) bond motifs is 2. The van der Waals surface area contributed by atoms with E-state index in [0.29, 0.717) is 0 Å². The van der Waals surface area contributed by atoms with E-state index in [1.165, 1.54) is 43.2 Å². The fourth-order valence-corrected chi connectivity index (χ4v) is 7.47. The van der Waals surface area contributed by atoms with Gasteiger partial charge >= 0.3 is 0 Å². The van der Waals surface area contributed by atoms with Gasteiger partial charge < -0.3 is 4.90 Å². The second-order valence-electron chi connectivity index (χ2n) is 11.0. The number of anilines is 3. The Balaban J connectivity index is 1.27. The van der Waals surface area contributed by atoms with Gasteiger partial charge in [0.15, 0.2) is 0 Å². The van der Waals surface area contributed by atoms with Gasteiger partial charge in [-0.2, -0.15) is 0 Å². The standard InChI is InChI=1S/C39H31NS/c1-39(2)35-17-9-10-19-37(35)41-38-34(16-11-18-36(38)39)30-22-26-33(27-23-30)40(31-14-7-4-8-15-31)32-24-20-29(21-25-32)28-12-5-3-6-13-28/h3-27H,1-2H3. The van der Waals surface area contributed by atoms with E-state index in [2.05, 4.69) is 170 Å². The zero-order valence-electron chi connectivity index (χ0n) is 23.3. The van der Waals surface area contributed by atoms with Crippen molar-refractivity contribution in [2.75, 3.05) is 4.90 Å². The highest BCUT2D eigenvalue weighted by atomic mass is 32.2. The Kier molecular flexibility index (Phi) is 6.49. The van der Waals surface area contributed by atoms with Gasteiger partial charge in [-0.15, -0.1) is 0 Å². The minimum Gasteiger partial charge on any atom is -0.311 e. The molecule has 0 spiro atoms. The molecule has 0 saturated heterocycles. The van der Waals surface area contributed by atoms with Gasteiger partial charge in [0, 0.05) is 32.3 Å². The first kappa shape index (κ1) is 25.4. The Morgan fingerprint density at radius 3 is 1.63 bits per heavy atom. The van der Waals surface area contributed by atoms with Crippen LogP contribution in [0.1, 0.15) is 25.0 Å². The normalized spacial score (nSPS) is 13.2. The molecule has 0 N–H and O–H groups in total. The summed E-state index contributed by atoms with van der Waals surface area (Å²) in [7, 11) is 0. The van der Waals surface area contributed by atoms with Crippen LogP contribution in [-0.4, -0.2) is 0 Å². The van der Waals surface area contributed by atoms with Crippen LogP contribution in [0, 0.1) is 0 Å². The molecule has 1 aliphatic heterocycles. The van der Waals surface area contributed by atoms with Gasteiger partial charge in [-0.3, -0.25) is 0 Å². The summed E-state index contributed by atoms with van der Waals surface area (Å²) < 4.78 is 0. The Hall–Kier alpha value is -4.53. The molecule has 6 aromatic rings. The van der Waals surface area contributed by atoms with Gasteiger partial charge in [-0.05, 0) is 75.8 Å². The highest BCUT2D eigenvalue weighted by molar-refractivity contribution is 7.99. The smallest absolute Gasteiger partial charge is 0.0462 e. The third-order valence-electron chi connectivity index (χ3n) is 8.14. The summed E-state index contributed by atoms with van der Waals surface area (Å²) in [6.45, 7) is 4.69. The second-order valence-corrected chi connectivity index (χ2v) is 12.1. The summed E-state index contributed by atoms with van der Waals surface area (Å²) >= 11 is 1.90. The van der Waals surface area contributed by atoms with E-state index in [-0.39, 0.29) is 5.41 Å². The van der Waals surface area contributed by atoms with Crippen LogP contribution in [0.4, 0.5) is 17.1 Å². The molecule has 0 amide bonds. The summed E-state index contributed by atoms with van der Waals surface area (Å²) in [6, 6.07) is 54.6. The highest BCUT2D eigenvalue weighted by Gasteiger charge is 2.34. The Morgan fingerprint density at radius 2 is 0.951 bits per heavy atom. The first-order valence-electron chi connectivity index (χ1n) is 14.1. The molecule has 2 heteroatoms. The Labute approximate surface area is 247 Å². The van der Waals surface area contributed by atoms with Crippen LogP contribution < -0.4 is 4.90 Å². The molecule has 0 aliphatic carbocycles. The molecule has 0 radical (unpaired) electrons. The summed E-state index contributed by atoms with van der Waals surface area (Å²) in [4.78, 5) is 5.04. The first-order chi connectivity index (χ1) is 20.1. The van der Waals surface area contributed by atoms with Crippen molar-refractivity contribution in [3.05, 3.63) is 163 Å². The van der Waals surface area contributed by atoms with Gasteiger partial charge in [-0.25, -0.2) is 0 Å². The average molecular weight is 546 g/mol. The molecule has 0 bridgehead atoms. The SMILES string of the molecule is CC1(C)c2ccccc2Sc2c(-c3ccc(N(c4ccccc4)c4ccc(-c5ccccc5)cc4)cc3)cccc21. The molecule has 0 fully saturated rings. The monoisotopic (exact) mass is 545 g/mol. The van der Waals surface area contributed by atoms with Crippen molar-refractivity contribution in [1.29, 1.82) is 0 Å². The number of benzene rings is 6. The van der Waals surface area contributed by atoms with Crippen molar-refractivity contribution in [1.82, 2.24) is 0 Å². The largest absolute Gasteiger partial charge is 0.311 e. The van der Waals surface area contributed by atoms with Crippen molar-refractivity contribution in [2.24, 2.45) is 0 Å². The van der Waals surface area contributed by atoms with E-state index in [1.807, 2.05) is 11.8 Å². The summed E-state index contributed by atoms with van der Waals surface area (Å²) in [5, 5.41) is 0. The minimum atomic E-state index is -0.0385. The maximum Gasteiger partial charge on any atom is 0.0462 e. The quantitative estimate of drug-likeness (QED) is 0.212. The van der Waals surface area contributed by atoms with Crippen molar-refractivity contribution in [3.63, 3.8) is 0 Å². The number of para-hydroxylation sites is 1. The van der Waals surface area contributed by atoms with E-state index in [9.17, 15) is 0 Å². The molecular weight excluding hydrogens is 515 g/mol. The Bertz CT molecular complexity index is 1800. The van der Waals surface area contributed by atoms with E-state index >= 15 is 0 Å². The fraction of sp³-hybridized carbons (Fsp3) is 0.0769. The van der Waals surface area contributed by atoms with Crippen molar-refractivity contribution in [3.8, 4) is 22.3 Å². The molecule has 0 aromatic heterocycles. The summed E-state index contributed by atoms with van der Waals surface area (Å²) in [5.41, 5.74) is 11.1. The summed E-state index contributed by atoms with van der Waals surface area (Å²) in [6.07, 6.45) is 0. The third kappa shape index (κ3) is 4.65. The van der Waals surface area contributed by atoms with Crippen molar-refractivity contribution in [2.45, 2.75) is 29.1 Å². The van der Waals surface area contributed by atoms with E-state index in [4.69, 9.17) is 0 Å². The fourth-order valence-electron chi connectivity index (χ4n) is 5.94. The number of hydrogen-bond acceptors (Lipinski definition) is 2. The van der Waals surface area contributed by atoms with Crippen LogP contribution in [0.3, 0.4) is 0 Å². The van der Waals surface area contributed by atoms with Gasteiger partial charge in [0.2, 0.25) is 0 Å². The average Bonchev–Trinajstić information content (AvgIpc) is 3.03. The lowest BCUT2D eigenvalue weighted by atomic mass is 9.77. The second kappa shape index (κ2) is 10.5. The lowest BCUT2D eigenvalue weighted by Gasteiger charge is -2.35. The molecule has 198 valence electrons. The van der Waals surface area contributed by atoms with Gasteiger partial charge in [0.1, 0.15) is 0 Å². The van der Waals surface area contributed by atoms with Crippen LogP contribution in [0.15, 0.2) is 161 Å². The topological polar surface area (TPSA) is 3.24 Å². The van der Waals surface area contributed by atoms with E-state index in [1.54, 1.807) is 0 Å². The molecule has 0 atom stereocenters. The highest BCUT2D eigenvalue weighted by Crippen LogP contribution is 2.52. The van der Waals surface area contributed by atoms with Crippen LogP contribution in [0.5, 0.6) is 0 Å². The number of rotatable bonds is 5. The number of hydrogen-bond donors (Lipinski definition) is 0. The van der Waals surface area contributed by atoms with Gasteiger partial charge in [0.25, 0.3) is 0 Å². The van der Waals surface area contributed by atoms with E-state index < -0.39 is 0 Å². The third-order valence-corrected chi connectivity index (χ3v) is 9.36. The molecule has 0 unspecified atom stereocenters. The lowest BCUT2D eigenvalue weighted by molar-refractivity contribution is 0.608. The molecular formula is C39H31NS.